The van der Waals surface area contributed by atoms with Crippen LogP contribution in [0.25, 0.3) is 72.8 Å². The average Bonchev–Trinajstić information content (AvgIpc) is 3.60. The third-order valence-corrected chi connectivity index (χ3v) is 9.83. The Morgan fingerprint density at radius 1 is 0.333 bits per heavy atom. The molecule has 10 rings (SSSR count). The molecule has 270 valence electrons. The number of pyridine rings is 2. The summed E-state index contributed by atoms with van der Waals surface area (Å²) in [6.07, 6.45) is 3.50. The largest absolute Gasteiger partial charge is 0.457 e. The van der Waals surface area contributed by atoms with Gasteiger partial charge < -0.3 is 9.47 Å². The van der Waals surface area contributed by atoms with Crippen LogP contribution in [0.1, 0.15) is 0 Å². The standard InChI is InChI=1S/C50H33N5O2/c1-3-12-34(13-4-1)44-20-9-22-46(53-44)36-16-7-18-38(30-36)56-40-24-26-42-43-27-25-41(33-49(43)55(48(42)32-40)50-51-28-11-29-52-50)57-39-19-8-17-37(31-39)47-23-10-21-45(54-47)35-14-5-2-6-15-35/h1-33H. The first-order valence-electron chi connectivity index (χ1n) is 18.7. The molecule has 0 unspecified atom stereocenters. The first-order chi connectivity index (χ1) is 28.2. The summed E-state index contributed by atoms with van der Waals surface area (Å²) in [5.74, 6) is 3.33. The monoisotopic (exact) mass is 735 g/mol. The Labute approximate surface area is 329 Å². The lowest BCUT2D eigenvalue weighted by atomic mass is 10.1. The molecule has 0 saturated heterocycles. The lowest BCUT2D eigenvalue weighted by Gasteiger charge is -2.11. The third-order valence-electron chi connectivity index (χ3n) is 9.83. The second kappa shape index (κ2) is 14.7. The van der Waals surface area contributed by atoms with E-state index in [2.05, 4.69) is 50.9 Å². The highest BCUT2D eigenvalue weighted by molar-refractivity contribution is 6.09. The first kappa shape index (κ1) is 33.7. The fraction of sp³-hybridized carbons (Fsp3) is 0. The van der Waals surface area contributed by atoms with E-state index in [1.807, 2.05) is 152 Å². The molecule has 0 bridgehead atoms. The Morgan fingerprint density at radius 2 is 0.737 bits per heavy atom. The van der Waals surface area contributed by atoms with Crippen LogP contribution >= 0.6 is 0 Å². The zero-order chi connectivity index (χ0) is 38.0. The van der Waals surface area contributed by atoms with Crippen molar-refractivity contribution < 1.29 is 9.47 Å². The Bertz CT molecular complexity index is 2840. The molecule has 0 saturated carbocycles. The van der Waals surface area contributed by atoms with E-state index in [9.17, 15) is 0 Å². The topological polar surface area (TPSA) is 75.0 Å². The maximum atomic E-state index is 6.52. The number of nitrogens with zero attached hydrogens (tertiary/aromatic N) is 5. The minimum absolute atomic E-state index is 0.546. The van der Waals surface area contributed by atoms with Crippen LogP contribution in [-0.2, 0) is 0 Å². The van der Waals surface area contributed by atoms with E-state index in [-0.39, 0.29) is 0 Å². The summed E-state index contributed by atoms with van der Waals surface area (Å²) >= 11 is 0. The summed E-state index contributed by atoms with van der Waals surface area (Å²) in [6.45, 7) is 0. The predicted octanol–water partition coefficient (Wildman–Crippen LogP) is 12.6. The van der Waals surface area contributed by atoms with Crippen LogP contribution in [0, 0.1) is 0 Å². The molecule has 0 amide bonds. The van der Waals surface area contributed by atoms with Crippen LogP contribution in [0.2, 0.25) is 0 Å². The quantitative estimate of drug-likeness (QED) is 0.147. The van der Waals surface area contributed by atoms with E-state index in [0.29, 0.717) is 28.9 Å². The first-order valence-corrected chi connectivity index (χ1v) is 18.7. The van der Waals surface area contributed by atoms with E-state index in [4.69, 9.17) is 19.4 Å². The fourth-order valence-electron chi connectivity index (χ4n) is 7.17. The highest BCUT2D eigenvalue weighted by Crippen LogP contribution is 2.38. The van der Waals surface area contributed by atoms with Crippen molar-refractivity contribution >= 4 is 21.8 Å². The second-order valence-electron chi connectivity index (χ2n) is 13.6. The average molecular weight is 736 g/mol. The number of hydrogen-bond donors (Lipinski definition) is 0. The molecule has 0 aliphatic heterocycles. The van der Waals surface area contributed by atoms with E-state index in [1.165, 1.54) is 0 Å². The minimum Gasteiger partial charge on any atom is -0.457 e. The van der Waals surface area contributed by atoms with Gasteiger partial charge in [0.15, 0.2) is 0 Å². The van der Waals surface area contributed by atoms with Crippen LogP contribution in [0.4, 0.5) is 0 Å². The Morgan fingerprint density at radius 3 is 1.21 bits per heavy atom. The third kappa shape index (κ3) is 6.86. The summed E-state index contributed by atoms with van der Waals surface area (Å²) < 4.78 is 15.1. The van der Waals surface area contributed by atoms with E-state index in [0.717, 1.165) is 66.8 Å². The molecule has 10 aromatic rings. The van der Waals surface area contributed by atoms with Crippen molar-refractivity contribution in [3.8, 4) is 74.0 Å². The van der Waals surface area contributed by atoms with Gasteiger partial charge in [-0.2, -0.15) is 0 Å². The van der Waals surface area contributed by atoms with Gasteiger partial charge in [0.2, 0.25) is 5.95 Å². The van der Waals surface area contributed by atoms with E-state index in [1.54, 1.807) is 12.4 Å². The van der Waals surface area contributed by atoms with Gasteiger partial charge in [-0.25, -0.2) is 19.9 Å². The van der Waals surface area contributed by atoms with Gasteiger partial charge in [0.05, 0.1) is 33.8 Å². The molecule has 4 heterocycles. The molecule has 0 fully saturated rings. The Kier molecular flexibility index (Phi) is 8.70. The van der Waals surface area contributed by atoms with Crippen LogP contribution in [0.5, 0.6) is 23.0 Å². The van der Waals surface area contributed by atoms with Crippen LogP contribution < -0.4 is 9.47 Å². The maximum Gasteiger partial charge on any atom is 0.234 e. The molecule has 57 heavy (non-hydrogen) atoms. The van der Waals surface area contributed by atoms with Crippen LogP contribution in [0.15, 0.2) is 200 Å². The Balaban J connectivity index is 0.974. The van der Waals surface area contributed by atoms with E-state index >= 15 is 0 Å². The van der Waals surface area contributed by atoms with E-state index < -0.39 is 0 Å². The summed E-state index contributed by atoms with van der Waals surface area (Å²) in [5.41, 5.74) is 9.48. The normalized spacial score (nSPS) is 11.2. The van der Waals surface area contributed by atoms with Crippen molar-refractivity contribution in [2.75, 3.05) is 0 Å². The summed E-state index contributed by atoms with van der Waals surface area (Å²) in [4.78, 5) is 19.2. The molecular weight excluding hydrogens is 703 g/mol. The van der Waals surface area contributed by atoms with Crippen molar-refractivity contribution in [1.82, 2.24) is 24.5 Å². The Hall–Kier alpha value is -7.90. The van der Waals surface area contributed by atoms with Gasteiger partial charge >= 0.3 is 0 Å². The molecule has 0 radical (unpaired) electrons. The number of aromatic nitrogens is 5. The lowest BCUT2D eigenvalue weighted by molar-refractivity contribution is 0.483. The highest BCUT2D eigenvalue weighted by Gasteiger charge is 2.17. The summed E-state index contributed by atoms with van der Waals surface area (Å²) in [7, 11) is 0. The lowest BCUT2D eigenvalue weighted by Crippen LogP contribution is -2.00. The molecule has 0 N–H and O–H groups in total. The van der Waals surface area contributed by atoms with Crippen LogP contribution in [0.3, 0.4) is 0 Å². The van der Waals surface area contributed by atoms with Gasteiger partial charge in [0.25, 0.3) is 0 Å². The second-order valence-corrected chi connectivity index (χ2v) is 13.6. The number of hydrogen-bond acceptors (Lipinski definition) is 6. The number of ether oxygens (including phenoxy) is 2. The molecule has 7 nitrogen and oxygen atoms in total. The maximum absolute atomic E-state index is 6.52. The molecule has 4 aromatic heterocycles. The minimum atomic E-state index is 0.546. The fourth-order valence-corrected chi connectivity index (χ4v) is 7.17. The summed E-state index contributed by atoms with van der Waals surface area (Å²) in [6, 6.07) is 62.6. The molecular formula is C50H33N5O2. The van der Waals surface area contributed by atoms with Crippen molar-refractivity contribution in [1.29, 1.82) is 0 Å². The zero-order valence-corrected chi connectivity index (χ0v) is 30.6. The number of rotatable bonds is 9. The van der Waals surface area contributed by atoms with Crippen molar-refractivity contribution in [3.05, 3.63) is 200 Å². The van der Waals surface area contributed by atoms with Gasteiger partial charge in [0, 0.05) is 57.6 Å². The van der Waals surface area contributed by atoms with Gasteiger partial charge in [-0.3, -0.25) is 4.57 Å². The smallest absolute Gasteiger partial charge is 0.234 e. The molecule has 7 heteroatoms. The van der Waals surface area contributed by atoms with Crippen molar-refractivity contribution in [3.63, 3.8) is 0 Å². The van der Waals surface area contributed by atoms with Crippen LogP contribution in [-0.4, -0.2) is 24.5 Å². The zero-order valence-electron chi connectivity index (χ0n) is 30.6. The predicted molar refractivity (Wildman–Crippen MR) is 227 cm³/mol. The molecule has 0 atom stereocenters. The molecule has 0 spiro atoms. The van der Waals surface area contributed by atoms with Gasteiger partial charge in [-0.15, -0.1) is 0 Å². The van der Waals surface area contributed by atoms with Crippen molar-refractivity contribution in [2.24, 2.45) is 0 Å². The SMILES string of the molecule is c1ccc(-c2cccc(-c3cccc(Oc4ccc5c6ccc(Oc7cccc(-c8cccc(-c9ccccc9)n8)c7)cc6n(-c6ncccn6)c5c4)c3)n2)cc1. The van der Waals surface area contributed by atoms with Gasteiger partial charge in [-0.05, 0) is 78.9 Å². The van der Waals surface area contributed by atoms with Crippen molar-refractivity contribution in [2.45, 2.75) is 0 Å². The van der Waals surface area contributed by atoms with Gasteiger partial charge in [-0.1, -0.05) is 97.1 Å². The summed E-state index contributed by atoms with van der Waals surface area (Å²) in [5, 5.41) is 2.08. The molecule has 6 aromatic carbocycles. The highest BCUT2D eigenvalue weighted by atomic mass is 16.5. The molecule has 0 aliphatic rings. The number of fused-ring (bicyclic) bond motifs is 3. The molecule has 0 aliphatic carbocycles. The van der Waals surface area contributed by atoms with Gasteiger partial charge in [0.1, 0.15) is 23.0 Å². The number of benzene rings is 6.